The number of carbonyl (C=O) groups is 1. The molecule has 0 saturated heterocycles. The molecule has 20 heavy (non-hydrogen) atoms. The summed E-state index contributed by atoms with van der Waals surface area (Å²) in [7, 11) is 0. The van der Waals surface area contributed by atoms with Crippen LogP contribution < -0.4 is 10.9 Å². The van der Waals surface area contributed by atoms with Crippen LogP contribution in [0.1, 0.15) is 37.0 Å². The minimum atomic E-state index is -0.435. The smallest absolute Gasteiger partial charge is 0.275 e. The Hall–Kier alpha value is -2.09. The molecule has 0 aliphatic carbocycles. The molecule has 0 aliphatic heterocycles. The molecule has 0 radical (unpaired) electrons. The Balaban J connectivity index is 2.34. The van der Waals surface area contributed by atoms with E-state index in [-0.39, 0.29) is 17.2 Å². The summed E-state index contributed by atoms with van der Waals surface area (Å²) in [4.78, 5) is 30.1. The average molecular weight is 293 g/mol. The van der Waals surface area contributed by atoms with Gasteiger partial charge in [0.05, 0.1) is 11.0 Å². The highest BCUT2D eigenvalue weighted by Gasteiger charge is 2.18. The first-order valence-electron chi connectivity index (χ1n) is 6.17. The van der Waals surface area contributed by atoms with Gasteiger partial charge in [0.25, 0.3) is 5.56 Å². The van der Waals surface area contributed by atoms with E-state index in [0.717, 1.165) is 5.01 Å². The van der Waals surface area contributed by atoms with Gasteiger partial charge in [-0.15, -0.1) is 21.5 Å². The van der Waals surface area contributed by atoms with Crippen LogP contribution in [0.4, 0.5) is 0 Å². The molecular weight excluding hydrogens is 278 g/mol. The summed E-state index contributed by atoms with van der Waals surface area (Å²) in [6.07, 6.45) is 0.562. The van der Waals surface area contributed by atoms with Gasteiger partial charge in [0, 0.05) is 12.3 Å². The number of nitrogens with one attached hydrogen (secondary N) is 2. The van der Waals surface area contributed by atoms with Gasteiger partial charge in [-0.25, -0.2) is 4.98 Å². The van der Waals surface area contributed by atoms with Gasteiger partial charge in [-0.3, -0.25) is 9.59 Å². The molecule has 1 atom stereocenters. The highest BCUT2D eigenvalue weighted by Crippen LogP contribution is 2.17. The fourth-order valence-corrected chi connectivity index (χ4v) is 2.37. The molecule has 2 aromatic heterocycles. The van der Waals surface area contributed by atoms with Crippen molar-refractivity contribution >= 4 is 17.2 Å². The number of hydrogen-bond acceptors (Lipinski definition) is 6. The number of H-pyrrole nitrogens is 1. The Morgan fingerprint density at radius 1 is 1.50 bits per heavy atom. The molecule has 2 N–H and O–H groups in total. The van der Waals surface area contributed by atoms with Crippen LogP contribution >= 0.6 is 11.3 Å². The number of aryl methyl sites for hydroxylation is 1. The molecule has 0 bridgehead atoms. The third-order valence-corrected chi connectivity index (χ3v) is 3.47. The summed E-state index contributed by atoms with van der Waals surface area (Å²) in [5.74, 6) is 0.123. The van der Waals surface area contributed by atoms with Crippen LogP contribution in [0.5, 0.6) is 0 Å². The van der Waals surface area contributed by atoms with E-state index in [1.54, 1.807) is 5.38 Å². The first-order valence-corrected chi connectivity index (χ1v) is 7.05. The number of rotatable bonds is 4. The molecule has 1 unspecified atom stereocenters. The summed E-state index contributed by atoms with van der Waals surface area (Å²) >= 11 is 1.47. The van der Waals surface area contributed by atoms with E-state index in [1.807, 2.05) is 13.8 Å². The van der Waals surface area contributed by atoms with E-state index in [0.29, 0.717) is 17.9 Å². The van der Waals surface area contributed by atoms with Crippen molar-refractivity contribution < 1.29 is 4.79 Å². The lowest BCUT2D eigenvalue weighted by Gasteiger charge is -2.13. The minimum absolute atomic E-state index is 0.207. The molecule has 7 nitrogen and oxygen atoms in total. The number of hydrogen-bond donors (Lipinski definition) is 2. The van der Waals surface area contributed by atoms with Gasteiger partial charge in [0.2, 0.25) is 5.91 Å². The van der Waals surface area contributed by atoms with Gasteiger partial charge in [0.1, 0.15) is 5.69 Å². The van der Waals surface area contributed by atoms with Crippen molar-refractivity contribution in [2.75, 3.05) is 0 Å². The largest absolute Gasteiger partial charge is 0.348 e. The maximum Gasteiger partial charge on any atom is 0.275 e. The van der Waals surface area contributed by atoms with Crippen LogP contribution in [0, 0.1) is 6.92 Å². The minimum Gasteiger partial charge on any atom is -0.348 e. The molecule has 8 heteroatoms. The predicted molar refractivity (Wildman–Crippen MR) is 75.3 cm³/mol. The van der Waals surface area contributed by atoms with Crippen molar-refractivity contribution in [1.29, 1.82) is 0 Å². The van der Waals surface area contributed by atoms with Crippen LogP contribution in [0.15, 0.2) is 10.2 Å². The van der Waals surface area contributed by atoms with Crippen LogP contribution in [0.25, 0.3) is 11.5 Å². The first-order chi connectivity index (χ1) is 9.51. The van der Waals surface area contributed by atoms with E-state index in [9.17, 15) is 9.59 Å². The molecule has 106 valence electrons. The monoisotopic (exact) mass is 293 g/mol. The molecule has 2 heterocycles. The number of carbonyl (C=O) groups excluding carboxylic acids is 1. The Morgan fingerprint density at radius 3 is 2.75 bits per heavy atom. The molecular formula is C12H15N5O2S. The Morgan fingerprint density at radius 2 is 2.25 bits per heavy atom. The van der Waals surface area contributed by atoms with E-state index < -0.39 is 6.04 Å². The molecule has 0 aliphatic rings. The van der Waals surface area contributed by atoms with Gasteiger partial charge >= 0.3 is 0 Å². The predicted octanol–water partition coefficient (Wildman–Crippen LogP) is 1.18. The van der Waals surface area contributed by atoms with Crippen LogP contribution in [0.3, 0.4) is 0 Å². The van der Waals surface area contributed by atoms with Gasteiger partial charge in [-0.2, -0.15) is 0 Å². The number of nitrogens with zero attached hydrogens (tertiary/aromatic N) is 3. The van der Waals surface area contributed by atoms with E-state index >= 15 is 0 Å². The molecule has 0 aromatic carbocycles. The van der Waals surface area contributed by atoms with E-state index in [2.05, 4.69) is 25.5 Å². The van der Waals surface area contributed by atoms with Crippen LogP contribution in [-0.2, 0) is 4.79 Å². The lowest BCUT2D eigenvalue weighted by atomic mass is 10.1. The quantitative estimate of drug-likeness (QED) is 0.881. The van der Waals surface area contributed by atoms with Gasteiger partial charge in [-0.05, 0) is 13.3 Å². The van der Waals surface area contributed by atoms with Crippen molar-refractivity contribution in [3.8, 4) is 11.5 Å². The highest BCUT2D eigenvalue weighted by atomic mass is 32.1. The zero-order valence-corrected chi connectivity index (χ0v) is 12.2. The van der Waals surface area contributed by atoms with Crippen LogP contribution in [-0.4, -0.2) is 26.1 Å². The summed E-state index contributed by atoms with van der Waals surface area (Å²) in [5, 5.41) is 13.3. The Bertz CT molecular complexity index is 678. The summed E-state index contributed by atoms with van der Waals surface area (Å²) in [6.45, 7) is 5.13. The third-order valence-electron chi connectivity index (χ3n) is 2.70. The van der Waals surface area contributed by atoms with Gasteiger partial charge < -0.3 is 10.3 Å². The fraction of sp³-hybridized carbons (Fsp3) is 0.417. The van der Waals surface area contributed by atoms with E-state index in [4.69, 9.17) is 0 Å². The second-order valence-electron chi connectivity index (χ2n) is 4.30. The van der Waals surface area contributed by atoms with Crippen molar-refractivity contribution in [1.82, 2.24) is 25.5 Å². The van der Waals surface area contributed by atoms with Crippen molar-refractivity contribution in [3.05, 3.63) is 26.4 Å². The maximum absolute atomic E-state index is 12.1. The fourth-order valence-electron chi connectivity index (χ4n) is 1.77. The van der Waals surface area contributed by atoms with E-state index in [1.165, 1.54) is 18.3 Å². The lowest BCUT2D eigenvalue weighted by molar-refractivity contribution is -0.119. The second-order valence-corrected chi connectivity index (χ2v) is 5.36. The molecule has 0 saturated carbocycles. The summed E-state index contributed by atoms with van der Waals surface area (Å²) < 4.78 is 0. The first kappa shape index (κ1) is 14.3. The molecule has 2 aromatic rings. The molecule has 1 amide bonds. The summed E-state index contributed by atoms with van der Waals surface area (Å²) in [5.41, 5.74) is 0.441. The number of aromatic amines is 1. The second kappa shape index (κ2) is 5.91. The zero-order chi connectivity index (χ0) is 14.7. The molecule has 0 spiro atoms. The SMILES string of the molecule is CCC(NC(C)=O)c1nnc(-c2csc(C)n2)[nH]c1=O. The Kier molecular flexibility index (Phi) is 4.23. The van der Waals surface area contributed by atoms with Crippen molar-refractivity contribution in [2.24, 2.45) is 0 Å². The molecule has 0 fully saturated rings. The number of thiazole rings is 1. The molecule has 2 rings (SSSR count). The Labute approximate surface area is 119 Å². The summed E-state index contributed by atoms with van der Waals surface area (Å²) in [6, 6.07) is -0.435. The third kappa shape index (κ3) is 3.08. The standard InChI is InChI=1S/C12H15N5O2S/c1-4-8(13-6(2)18)10-12(19)15-11(17-16-10)9-5-20-7(3)14-9/h5,8H,4H2,1-3H3,(H,13,18)(H,15,17,19). The zero-order valence-electron chi connectivity index (χ0n) is 11.4. The lowest BCUT2D eigenvalue weighted by Crippen LogP contribution is -2.32. The topological polar surface area (TPSA) is 101 Å². The number of aromatic nitrogens is 4. The normalized spacial score (nSPS) is 12.2. The van der Waals surface area contributed by atoms with Crippen molar-refractivity contribution in [2.45, 2.75) is 33.2 Å². The van der Waals surface area contributed by atoms with Crippen LogP contribution in [0.2, 0.25) is 0 Å². The average Bonchev–Trinajstić information content (AvgIpc) is 2.82. The maximum atomic E-state index is 12.1. The van der Waals surface area contributed by atoms with Gasteiger partial charge in [0.15, 0.2) is 11.5 Å². The highest BCUT2D eigenvalue weighted by molar-refractivity contribution is 7.09. The van der Waals surface area contributed by atoms with Crippen molar-refractivity contribution in [3.63, 3.8) is 0 Å². The van der Waals surface area contributed by atoms with Gasteiger partial charge in [-0.1, -0.05) is 6.92 Å². The number of amides is 1.